The Balaban J connectivity index is 2.53. The first-order valence-corrected chi connectivity index (χ1v) is 5.42. The Kier molecular flexibility index (Phi) is 2.69. The van der Waals surface area contributed by atoms with Crippen LogP contribution < -0.4 is 0 Å². The third-order valence-electron chi connectivity index (χ3n) is 2.84. The van der Waals surface area contributed by atoms with Crippen LogP contribution in [0.15, 0.2) is 24.4 Å². The summed E-state index contributed by atoms with van der Waals surface area (Å²) in [4.78, 5) is 10.6. The van der Waals surface area contributed by atoms with Gasteiger partial charge in [-0.05, 0) is 37.1 Å². The zero-order valence-corrected chi connectivity index (χ0v) is 9.53. The lowest BCUT2D eigenvalue weighted by atomic mass is 10.1. The number of rotatable bonds is 3. The Hall–Kier alpha value is -1.77. The molecule has 0 bridgehead atoms. The first-order chi connectivity index (χ1) is 7.61. The van der Waals surface area contributed by atoms with Crippen molar-refractivity contribution in [3.05, 3.63) is 35.5 Å². The number of carbonyl (C=O) groups is 1. The topological polar surface area (TPSA) is 42.2 Å². The van der Waals surface area contributed by atoms with E-state index in [0.29, 0.717) is 0 Å². The van der Waals surface area contributed by atoms with Crippen LogP contribution in [0.25, 0.3) is 10.9 Å². The van der Waals surface area contributed by atoms with Crippen LogP contribution in [-0.4, -0.2) is 15.6 Å². The molecule has 0 aliphatic rings. The number of fused-ring (bicyclic) bond motifs is 1. The van der Waals surface area contributed by atoms with Gasteiger partial charge in [0, 0.05) is 23.6 Å². The average molecular weight is 217 g/mol. The SMILES string of the molecule is CCn1cc(C)c2cc(CC(=O)O)ccc21. The Bertz CT molecular complexity index is 540. The monoisotopic (exact) mass is 217 g/mol. The van der Waals surface area contributed by atoms with E-state index in [4.69, 9.17) is 5.11 Å². The highest BCUT2D eigenvalue weighted by molar-refractivity contribution is 5.85. The average Bonchev–Trinajstić information content (AvgIpc) is 2.55. The number of aromatic nitrogens is 1. The molecule has 1 N–H and O–H groups in total. The molecular weight excluding hydrogens is 202 g/mol. The van der Waals surface area contributed by atoms with Crippen molar-refractivity contribution in [1.82, 2.24) is 4.57 Å². The number of carboxylic acid groups (broad SMARTS) is 1. The van der Waals surface area contributed by atoms with Crippen molar-refractivity contribution in [3.63, 3.8) is 0 Å². The second-order valence-corrected chi connectivity index (χ2v) is 4.02. The number of hydrogen-bond acceptors (Lipinski definition) is 1. The first-order valence-electron chi connectivity index (χ1n) is 5.42. The van der Waals surface area contributed by atoms with Crippen molar-refractivity contribution >= 4 is 16.9 Å². The van der Waals surface area contributed by atoms with Crippen LogP contribution in [0.2, 0.25) is 0 Å². The normalized spacial score (nSPS) is 10.9. The van der Waals surface area contributed by atoms with E-state index in [1.165, 1.54) is 11.1 Å². The summed E-state index contributed by atoms with van der Waals surface area (Å²) in [6, 6.07) is 5.87. The van der Waals surface area contributed by atoms with Crippen LogP contribution in [0.1, 0.15) is 18.1 Å². The maximum atomic E-state index is 10.6. The summed E-state index contributed by atoms with van der Waals surface area (Å²) in [6.07, 6.45) is 2.20. The Morgan fingerprint density at radius 2 is 2.19 bits per heavy atom. The smallest absolute Gasteiger partial charge is 0.307 e. The van der Waals surface area contributed by atoms with Crippen LogP contribution in [0, 0.1) is 6.92 Å². The van der Waals surface area contributed by atoms with Crippen LogP contribution >= 0.6 is 0 Å². The van der Waals surface area contributed by atoms with Crippen LogP contribution in [0.5, 0.6) is 0 Å². The maximum Gasteiger partial charge on any atom is 0.307 e. The molecule has 0 saturated carbocycles. The van der Waals surface area contributed by atoms with Crippen molar-refractivity contribution < 1.29 is 9.90 Å². The molecule has 0 saturated heterocycles. The van der Waals surface area contributed by atoms with Crippen LogP contribution in [-0.2, 0) is 17.8 Å². The number of aliphatic carboxylic acids is 1. The molecule has 84 valence electrons. The predicted octanol–water partition coefficient (Wildman–Crippen LogP) is 2.60. The van der Waals surface area contributed by atoms with Gasteiger partial charge in [-0.1, -0.05) is 6.07 Å². The molecule has 3 nitrogen and oxygen atoms in total. The minimum atomic E-state index is -0.785. The summed E-state index contributed by atoms with van der Waals surface area (Å²) in [7, 11) is 0. The highest BCUT2D eigenvalue weighted by atomic mass is 16.4. The van der Waals surface area contributed by atoms with E-state index in [1.54, 1.807) is 0 Å². The van der Waals surface area contributed by atoms with Gasteiger partial charge >= 0.3 is 5.97 Å². The maximum absolute atomic E-state index is 10.6. The fourth-order valence-corrected chi connectivity index (χ4v) is 2.07. The molecule has 0 spiro atoms. The summed E-state index contributed by atoms with van der Waals surface area (Å²) in [5, 5.41) is 9.91. The number of nitrogens with zero attached hydrogens (tertiary/aromatic N) is 1. The zero-order valence-electron chi connectivity index (χ0n) is 9.53. The molecule has 0 fully saturated rings. The molecule has 0 atom stereocenters. The van der Waals surface area contributed by atoms with Crippen molar-refractivity contribution in [1.29, 1.82) is 0 Å². The summed E-state index contributed by atoms with van der Waals surface area (Å²) >= 11 is 0. The third-order valence-corrected chi connectivity index (χ3v) is 2.84. The molecule has 1 aromatic heterocycles. The second kappa shape index (κ2) is 4.00. The standard InChI is InChI=1S/C13H15NO2/c1-3-14-8-9(2)11-6-10(7-13(15)16)4-5-12(11)14/h4-6,8H,3,7H2,1-2H3,(H,15,16). The van der Waals surface area contributed by atoms with Gasteiger partial charge in [0.15, 0.2) is 0 Å². The van der Waals surface area contributed by atoms with Crippen molar-refractivity contribution in [2.45, 2.75) is 26.8 Å². The number of hydrogen-bond donors (Lipinski definition) is 1. The van der Waals surface area contributed by atoms with Gasteiger partial charge < -0.3 is 9.67 Å². The second-order valence-electron chi connectivity index (χ2n) is 4.02. The van der Waals surface area contributed by atoms with Gasteiger partial charge in [0.2, 0.25) is 0 Å². The lowest BCUT2D eigenvalue weighted by molar-refractivity contribution is -0.136. The third kappa shape index (κ3) is 1.81. The molecule has 0 aliphatic heterocycles. The van der Waals surface area contributed by atoms with Gasteiger partial charge in [-0.2, -0.15) is 0 Å². The number of aryl methyl sites for hydroxylation is 2. The minimum Gasteiger partial charge on any atom is -0.481 e. The Labute approximate surface area is 94.3 Å². The number of benzene rings is 1. The van der Waals surface area contributed by atoms with Crippen LogP contribution in [0.3, 0.4) is 0 Å². The van der Waals surface area contributed by atoms with Gasteiger partial charge in [-0.3, -0.25) is 4.79 Å². The molecular formula is C13H15NO2. The summed E-state index contributed by atoms with van der Waals surface area (Å²) in [6.45, 7) is 5.09. The van der Waals surface area contributed by atoms with Gasteiger partial charge in [-0.25, -0.2) is 0 Å². The largest absolute Gasteiger partial charge is 0.481 e. The molecule has 1 heterocycles. The van der Waals surface area contributed by atoms with Crippen LogP contribution in [0.4, 0.5) is 0 Å². The molecule has 1 aromatic carbocycles. The summed E-state index contributed by atoms with van der Waals surface area (Å²) in [5.74, 6) is -0.785. The number of carboxylic acids is 1. The minimum absolute atomic E-state index is 0.0900. The van der Waals surface area contributed by atoms with Gasteiger partial charge in [0.05, 0.1) is 6.42 Å². The van der Waals surface area contributed by atoms with E-state index in [2.05, 4.69) is 24.6 Å². The molecule has 0 aliphatic carbocycles. The van der Waals surface area contributed by atoms with Crippen molar-refractivity contribution in [3.8, 4) is 0 Å². The Morgan fingerprint density at radius 3 is 2.81 bits per heavy atom. The molecule has 0 radical (unpaired) electrons. The highest BCUT2D eigenvalue weighted by Crippen LogP contribution is 2.22. The quantitative estimate of drug-likeness (QED) is 0.858. The van der Waals surface area contributed by atoms with E-state index < -0.39 is 5.97 Å². The zero-order chi connectivity index (χ0) is 11.7. The van der Waals surface area contributed by atoms with E-state index in [9.17, 15) is 4.79 Å². The molecule has 2 aromatic rings. The van der Waals surface area contributed by atoms with Crippen molar-refractivity contribution in [2.24, 2.45) is 0 Å². The van der Waals surface area contributed by atoms with E-state index >= 15 is 0 Å². The van der Waals surface area contributed by atoms with Gasteiger partial charge in [-0.15, -0.1) is 0 Å². The fraction of sp³-hybridized carbons (Fsp3) is 0.308. The molecule has 2 rings (SSSR count). The van der Waals surface area contributed by atoms with Gasteiger partial charge in [0.25, 0.3) is 0 Å². The summed E-state index contributed by atoms with van der Waals surface area (Å²) in [5.41, 5.74) is 3.23. The van der Waals surface area contributed by atoms with E-state index in [1.807, 2.05) is 18.2 Å². The first kappa shape index (κ1) is 10.7. The van der Waals surface area contributed by atoms with Crippen molar-refractivity contribution in [2.75, 3.05) is 0 Å². The summed E-state index contributed by atoms with van der Waals surface area (Å²) < 4.78 is 2.18. The molecule has 0 amide bonds. The predicted molar refractivity (Wildman–Crippen MR) is 63.7 cm³/mol. The van der Waals surface area contributed by atoms with Gasteiger partial charge in [0.1, 0.15) is 0 Å². The van der Waals surface area contributed by atoms with E-state index in [-0.39, 0.29) is 6.42 Å². The lowest BCUT2D eigenvalue weighted by Gasteiger charge is -2.02. The fourth-order valence-electron chi connectivity index (χ4n) is 2.07. The molecule has 16 heavy (non-hydrogen) atoms. The molecule has 0 unspecified atom stereocenters. The Morgan fingerprint density at radius 1 is 1.44 bits per heavy atom. The van der Waals surface area contributed by atoms with E-state index in [0.717, 1.165) is 17.5 Å². The molecule has 3 heteroatoms. The highest BCUT2D eigenvalue weighted by Gasteiger charge is 2.07. The lowest BCUT2D eigenvalue weighted by Crippen LogP contribution is -1.99.